The Kier molecular flexibility index (Phi) is 6.21. The molecule has 4 aromatic rings. The van der Waals surface area contributed by atoms with Crippen molar-refractivity contribution in [3.63, 3.8) is 0 Å². The van der Waals surface area contributed by atoms with Crippen molar-refractivity contribution in [2.24, 2.45) is 0 Å². The lowest BCUT2D eigenvalue weighted by molar-refractivity contribution is 0.102. The molecule has 0 aliphatic carbocycles. The van der Waals surface area contributed by atoms with Crippen LogP contribution in [0.25, 0.3) is 10.2 Å². The first-order valence-electron chi connectivity index (χ1n) is 9.83. The van der Waals surface area contributed by atoms with Crippen molar-refractivity contribution in [1.29, 1.82) is 0 Å². The lowest BCUT2D eigenvalue weighted by Gasteiger charge is -2.10. The second kappa shape index (κ2) is 9.08. The molecule has 8 nitrogen and oxygen atoms in total. The van der Waals surface area contributed by atoms with E-state index in [1.807, 2.05) is 19.1 Å². The highest BCUT2D eigenvalue weighted by molar-refractivity contribution is 7.92. The van der Waals surface area contributed by atoms with Crippen LogP contribution in [-0.2, 0) is 10.0 Å². The Hall–Kier alpha value is -3.63. The van der Waals surface area contributed by atoms with Crippen molar-refractivity contribution in [2.45, 2.75) is 11.8 Å². The van der Waals surface area contributed by atoms with E-state index in [1.165, 1.54) is 36.6 Å². The minimum atomic E-state index is -3.83. The van der Waals surface area contributed by atoms with Gasteiger partial charge in [-0.25, -0.2) is 13.4 Å². The summed E-state index contributed by atoms with van der Waals surface area (Å²) in [6.07, 6.45) is 0. The zero-order valence-corrected chi connectivity index (χ0v) is 19.7. The molecular formula is C23H21N3O5S2. The van der Waals surface area contributed by atoms with E-state index in [0.29, 0.717) is 22.1 Å². The van der Waals surface area contributed by atoms with Gasteiger partial charge in [0.15, 0.2) is 5.13 Å². The zero-order chi connectivity index (χ0) is 23.6. The smallest absolute Gasteiger partial charge is 0.261 e. The number of hydrogen-bond acceptors (Lipinski definition) is 7. The van der Waals surface area contributed by atoms with Gasteiger partial charge >= 0.3 is 0 Å². The number of carbonyl (C=O) groups is 1. The number of carbonyl (C=O) groups excluding carboxylic acids is 1. The number of thiazole rings is 1. The van der Waals surface area contributed by atoms with Crippen LogP contribution < -0.4 is 19.5 Å². The summed E-state index contributed by atoms with van der Waals surface area (Å²) in [5, 5.41) is 3.21. The molecule has 0 bridgehead atoms. The van der Waals surface area contributed by atoms with Crippen molar-refractivity contribution in [2.75, 3.05) is 24.3 Å². The Morgan fingerprint density at radius 2 is 1.76 bits per heavy atom. The van der Waals surface area contributed by atoms with Crippen molar-refractivity contribution in [3.05, 3.63) is 71.8 Å². The monoisotopic (exact) mass is 483 g/mol. The number of anilines is 2. The highest BCUT2D eigenvalue weighted by Gasteiger charge is 2.17. The molecule has 0 aliphatic rings. The number of amides is 1. The van der Waals surface area contributed by atoms with Crippen molar-refractivity contribution >= 4 is 48.3 Å². The highest BCUT2D eigenvalue weighted by atomic mass is 32.2. The molecule has 4 rings (SSSR count). The number of aromatic nitrogens is 1. The number of aryl methyl sites for hydroxylation is 1. The first-order valence-corrected chi connectivity index (χ1v) is 12.1. The Labute approximate surface area is 195 Å². The minimum Gasteiger partial charge on any atom is -0.497 e. The van der Waals surface area contributed by atoms with Gasteiger partial charge < -0.3 is 9.47 Å². The number of hydrogen-bond donors (Lipinski definition) is 2. The second-order valence-corrected chi connectivity index (χ2v) is 9.78. The molecule has 170 valence electrons. The molecule has 0 spiro atoms. The number of fused-ring (bicyclic) bond motifs is 1. The number of nitrogens with zero attached hydrogens (tertiary/aromatic N) is 1. The van der Waals surface area contributed by atoms with E-state index in [2.05, 4.69) is 15.0 Å². The van der Waals surface area contributed by atoms with E-state index in [1.54, 1.807) is 37.4 Å². The zero-order valence-electron chi connectivity index (χ0n) is 18.1. The topological polar surface area (TPSA) is 107 Å². The van der Waals surface area contributed by atoms with Crippen LogP contribution in [0.1, 0.15) is 15.9 Å². The van der Waals surface area contributed by atoms with E-state index in [9.17, 15) is 13.2 Å². The van der Waals surface area contributed by atoms with Crippen LogP contribution in [0.2, 0.25) is 0 Å². The normalized spacial score (nSPS) is 11.2. The van der Waals surface area contributed by atoms with E-state index in [-0.39, 0.29) is 16.1 Å². The van der Waals surface area contributed by atoms with Gasteiger partial charge in [-0.15, -0.1) is 0 Å². The number of sulfonamides is 1. The largest absolute Gasteiger partial charge is 0.497 e. The predicted molar refractivity (Wildman–Crippen MR) is 129 cm³/mol. The summed E-state index contributed by atoms with van der Waals surface area (Å²) in [5.74, 6) is 0.772. The molecule has 0 fully saturated rings. The van der Waals surface area contributed by atoms with E-state index in [0.717, 1.165) is 10.3 Å². The molecule has 1 aromatic heterocycles. The van der Waals surface area contributed by atoms with Gasteiger partial charge in [-0.2, -0.15) is 0 Å². The van der Waals surface area contributed by atoms with Crippen molar-refractivity contribution in [3.8, 4) is 11.5 Å². The van der Waals surface area contributed by atoms with Crippen molar-refractivity contribution in [1.82, 2.24) is 4.98 Å². The van der Waals surface area contributed by atoms with Gasteiger partial charge in [0, 0.05) is 11.3 Å². The molecule has 0 saturated heterocycles. The second-order valence-electron chi connectivity index (χ2n) is 7.10. The number of benzene rings is 3. The van der Waals surface area contributed by atoms with Gasteiger partial charge in [0.2, 0.25) is 0 Å². The maximum atomic E-state index is 12.8. The third-order valence-electron chi connectivity index (χ3n) is 4.89. The van der Waals surface area contributed by atoms with Crippen LogP contribution in [0.5, 0.6) is 11.5 Å². The quantitative estimate of drug-likeness (QED) is 0.395. The summed E-state index contributed by atoms with van der Waals surface area (Å²) < 4.78 is 39.2. The van der Waals surface area contributed by atoms with Crippen LogP contribution in [0.3, 0.4) is 0 Å². The van der Waals surface area contributed by atoms with Crippen LogP contribution in [0.4, 0.5) is 10.8 Å². The highest BCUT2D eigenvalue weighted by Crippen LogP contribution is 2.35. The molecule has 0 atom stereocenters. The summed E-state index contributed by atoms with van der Waals surface area (Å²) in [7, 11) is -0.757. The molecular weight excluding hydrogens is 462 g/mol. The molecule has 0 radical (unpaired) electrons. The summed E-state index contributed by atoms with van der Waals surface area (Å²) in [6, 6.07) is 16.0. The lowest BCUT2D eigenvalue weighted by Crippen LogP contribution is -2.15. The van der Waals surface area contributed by atoms with Gasteiger partial charge in [-0.1, -0.05) is 23.5 Å². The molecule has 2 N–H and O–H groups in total. The summed E-state index contributed by atoms with van der Waals surface area (Å²) in [6.45, 7) is 1.96. The fraction of sp³-hybridized carbons (Fsp3) is 0.130. The first kappa shape index (κ1) is 22.6. The Morgan fingerprint density at radius 1 is 1.00 bits per heavy atom. The molecule has 3 aromatic carbocycles. The number of rotatable bonds is 7. The van der Waals surface area contributed by atoms with Gasteiger partial charge in [0.1, 0.15) is 17.0 Å². The fourth-order valence-electron chi connectivity index (χ4n) is 3.19. The predicted octanol–water partition coefficient (Wildman–Crippen LogP) is 4.68. The van der Waals surface area contributed by atoms with Gasteiger partial charge in [-0.3, -0.25) is 14.8 Å². The maximum absolute atomic E-state index is 12.8. The Bertz CT molecular complexity index is 1430. The average Bonchev–Trinajstić information content (AvgIpc) is 3.24. The third kappa shape index (κ3) is 4.76. The molecule has 33 heavy (non-hydrogen) atoms. The first-order chi connectivity index (χ1) is 15.8. The summed E-state index contributed by atoms with van der Waals surface area (Å²) in [4.78, 5) is 17.4. The van der Waals surface area contributed by atoms with Gasteiger partial charge in [-0.05, 0) is 61.0 Å². The van der Waals surface area contributed by atoms with E-state index < -0.39 is 15.9 Å². The van der Waals surface area contributed by atoms with Gasteiger partial charge in [0.25, 0.3) is 15.9 Å². The maximum Gasteiger partial charge on any atom is 0.261 e. The summed E-state index contributed by atoms with van der Waals surface area (Å²) in [5.41, 5.74) is 2.26. The molecule has 1 amide bonds. The number of nitrogens with one attached hydrogen (secondary N) is 2. The average molecular weight is 484 g/mol. The summed E-state index contributed by atoms with van der Waals surface area (Å²) >= 11 is 1.35. The molecule has 0 saturated carbocycles. The fourth-order valence-corrected chi connectivity index (χ4v) is 5.19. The Morgan fingerprint density at radius 3 is 2.45 bits per heavy atom. The Balaban J connectivity index is 1.54. The van der Waals surface area contributed by atoms with Crippen molar-refractivity contribution < 1.29 is 22.7 Å². The SMILES string of the molecule is COc1ccc(S(=O)(=O)Nc2cccc(C(=O)Nc3nc4c(OC)ccc(C)c4s3)c2)cc1. The molecule has 0 aliphatic heterocycles. The third-order valence-corrected chi connectivity index (χ3v) is 7.39. The van der Waals surface area contributed by atoms with Crippen LogP contribution >= 0.6 is 11.3 Å². The van der Waals surface area contributed by atoms with E-state index >= 15 is 0 Å². The molecule has 1 heterocycles. The van der Waals surface area contributed by atoms with Crippen LogP contribution in [-0.4, -0.2) is 33.5 Å². The van der Waals surface area contributed by atoms with E-state index in [4.69, 9.17) is 9.47 Å². The molecule has 0 unspecified atom stereocenters. The van der Waals surface area contributed by atoms with Crippen LogP contribution in [0, 0.1) is 6.92 Å². The number of methoxy groups -OCH3 is 2. The van der Waals surface area contributed by atoms with Gasteiger partial charge in [0.05, 0.1) is 23.8 Å². The molecule has 10 heteroatoms. The standard InChI is InChI=1S/C23H21N3O5S2/c1-14-7-12-19(31-3)20-21(14)32-23(24-20)25-22(27)15-5-4-6-16(13-15)26-33(28,29)18-10-8-17(30-2)9-11-18/h4-13,26H,1-3H3,(H,24,25,27). The minimum absolute atomic E-state index is 0.0805. The lowest BCUT2D eigenvalue weighted by atomic mass is 10.2. The number of ether oxygens (including phenoxy) is 2. The van der Waals surface area contributed by atoms with Crippen LogP contribution in [0.15, 0.2) is 65.6 Å².